The second-order valence-electron chi connectivity index (χ2n) is 4.68. The number of aromatic nitrogens is 3. The van der Waals surface area contributed by atoms with E-state index in [-0.39, 0.29) is 16.6 Å². The number of hydrogen-bond acceptors (Lipinski definition) is 6. The molecule has 2 N–H and O–H groups in total. The van der Waals surface area contributed by atoms with E-state index in [2.05, 4.69) is 20.3 Å². The average molecular weight is 333 g/mol. The Balaban J connectivity index is 2.12. The van der Waals surface area contributed by atoms with Gasteiger partial charge in [-0.3, -0.25) is 4.79 Å². The third-order valence-electron chi connectivity index (χ3n) is 2.71. The van der Waals surface area contributed by atoms with Crippen molar-refractivity contribution in [3.05, 3.63) is 32.5 Å². The maximum atomic E-state index is 12.8. The molecule has 0 aliphatic rings. The van der Waals surface area contributed by atoms with Crippen molar-refractivity contribution in [2.24, 2.45) is 0 Å². The zero-order valence-electron chi connectivity index (χ0n) is 11.9. The molecule has 0 saturated heterocycles. The zero-order valence-corrected chi connectivity index (χ0v) is 12.7. The number of alkyl halides is 3. The molecule has 120 valence electrons. The predicted molar refractivity (Wildman–Crippen MR) is 78.5 cm³/mol. The highest BCUT2D eigenvalue weighted by Crippen LogP contribution is 2.30. The van der Waals surface area contributed by atoms with Crippen LogP contribution < -0.4 is 15.1 Å². The lowest BCUT2D eigenvalue weighted by atomic mass is 10.3. The van der Waals surface area contributed by atoms with Crippen LogP contribution in [0.3, 0.4) is 0 Å². The van der Waals surface area contributed by atoms with Crippen LogP contribution in [0.1, 0.15) is 11.4 Å². The SMILES string of the molecule is CN(C)c1cc(C(F)(F)F)nc(NCCc2csc(=O)[nH]2)n1. The van der Waals surface area contributed by atoms with E-state index in [0.717, 1.165) is 17.4 Å². The van der Waals surface area contributed by atoms with Gasteiger partial charge in [0.05, 0.1) is 0 Å². The Morgan fingerprint density at radius 2 is 2.09 bits per heavy atom. The fraction of sp³-hybridized carbons (Fsp3) is 0.417. The summed E-state index contributed by atoms with van der Waals surface area (Å²) in [5.74, 6) is 0.0601. The largest absolute Gasteiger partial charge is 0.433 e. The van der Waals surface area contributed by atoms with Crippen molar-refractivity contribution >= 4 is 23.1 Å². The van der Waals surface area contributed by atoms with Crippen LogP contribution in [0.15, 0.2) is 16.2 Å². The number of hydrogen-bond donors (Lipinski definition) is 2. The van der Waals surface area contributed by atoms with Gasteiger partial charge in [0.1, 0.15) is 5.82 Å². The number of H-pyrrole nitrogens is 1. The number of aromatic amines is 1. The summed E-state index contributed by atoms with van der Waals surface area (Å²) in [5.41, 5.74) is -0.292. The Kier molecular flexibility index (Phi) is 4.69. The molecular formula is C12H14F3N5OS. The molecule has 2 heterocycles. The standard InChI is InChI=1S/C12H14F3N5OS/c1-20(2)9-5-8(12(13,14)15)18-10(19-9)16-4-3-7-6-22-11(21)17-7/h5-6H,3-4H2,1-2H3,(H,17,21)(H,16,18,19). The van der Waals surface area contributed by atoms with E-state index in [0.29, 0.717) is 18.7 Å². The highest BCUT2D eigenvalue weighted by Gasteiger charge is 2.33. The Bertz CT molecular complexity index is 695. The summed E-state index contributed by atoms with van der Waals surface area (Å²) >= 11 is 1.04. The first-order chi connectivity index (χ1) is 10.3. The topological polar surface area (TPSA) is 73.9 Å². The van der Waals surface area contributed by atoms with E-state index >= 15 is 0 Å². The monoisotopic (exact) mass is 333 g/mol. The van der Waals surface area contributed by atoms with Crippen molar-refractivity contribution in [2.45, 2.75) is 12.6 Å². The normalized spacial score (nSPS) is 11.5. The molecule has 10 heteroatoms. The van der Waals surface area contributed by atoms with E-state index in [1.165, 1.54) is 4.90 Å². The van der Waals surface area contributed by atoms with Crippen LogP contribution in [0.25, 0.3) is 0 Å². The lowest BCUT2D eigenvalue weighted by molar-refractivity contribution is -0.141. The minimum Gasteiger partial charge on any atom is -0.363 e. The molecule has 22 heavy (non-hydrogen) atoms. The van der Waals surface area contributed by atoms with Crippen LogP contribution in [-0.4, -0.2) is 35.6 Å². The number of anilines is 2. The van der Waals surface area contributed by atoms with Crippen LogP contribution >= 0.6 is 11.3 Å². The Morgan fingerprint density at radius 3 is 2.64 bits per heavy atom. The van der Waals surface area contributed by atoms with Gasteiger partial charge in [-0.05, 0) is 0 Å². The predicted octanol–water partition coefficient (Wildman–Crippen LogP) is 1.97. The molecule has 0 aromatic carbocycles. The van der Waals surface area contributed by atoms with Crippen molar-refractivity contribution in [3.8, 4) is 0 Å². The lowest BCUT2D eigenvalue weighted by Crippen LogP contribution is -2.18. The van der Waals surface area contributed by atoms with Crippen LogP contribution in [0.4, 0.5) is 24.9 Å². The number of nitrogens with zero attached hydrogens (tertiary/aromatic N) is 3. The third-order valence-corrected chi connectivity index (χ3v) is 3.43. The van der Waals surface area contributed by atoms with Crippen LogP contribution in [-0.2, 0) is 12.6 Å². The average Bonchev–Trinajstić information content (AvgIpc) is 2.83. The highest BCUT2D eigenvalue weighted by molar-refractivity contribution is 7.07. The molecular weight excluding hydrogens is 319 g/mol. The van der Waals surface area contributed by atoms with Crippen LogP contribution in [0.2, 0.25) is 0 Å². The van der Waals surface area contributed by atoms with Gasteiger partial charge in [-0.25, -0.2) is 4.98 Å². The first-order valence-corrected chi connectivity index (χ1v) is 7.18. The number of rotatable bonds is 5. The number of nitrogens with one attached hydrogen (secondary N) is 2. The second-order valence-corrected chi connectivity index (χ2v) is 5.52. The molecule has 0 saturated carbocycles. The minimum atomic E-state index is -4.54. The summed E-state index contributed by atoms with van der Waals surface area (Å²) < 4.78 is 38.5. The van der Waals surface area contributed by atoms with E-state index in [4.69, 9.17) is 0 Å². The minimum absolute atomic E-state index is 0.101. The quantitative estimate of drug-likeness (QED) is 0.875. The van der Waals surface area contributed by atoms with Crippen molar-refractivity contribution in [1.82, 2.24) is 15.0 Å². The summed E-state index contributed by atoms with van der Waals surface area (Å²) in [7, 11) is 3.20. The molecule has 2 rings (SSSR count). The van der Waals surface area contributed by atoms with Crippen molar-refractivity contribution in [1.29, 1.82) is 0 Å². The van der Waals surface area contributed by atoms with Gasteiger partial charge in [-0.2, -0.15) is 18.2 Å². The van der Waals surface area contributed by atoms with E-state index in [1.54, 1.807) is 19.5 Å². The molecule has 0 amide bonds. The molecule has 0 radical (unpaired) electrons. The maximum Gasteiger partial charge on any atom is 0.433 e. The van der Waals surface area contributed by atoms with Gasteiger partial charge >= 0.3 is 11.0 Å². The van der Waals surface area contributed by atoms with Gasteiger partial charge in [0.2, 0.25) is 5.95 Å². The van der Waals surface area contributed by atoms with Crippen LogP contribution in [0, 0.1) is 0 Å². The fourth-order valence-electron chi connectivity index (χ4n) is 1.63. The van der Waals surface area contributed by atoms with Gasteiger partial charge < -0.3 is 15.2 Å². The molecule has 0 aliphatic heterocycles. The first-order valence-electron chi connectivity index (χ1n) is 6.30. The van der Waals surface area contributed by atoms with Gasteiger partial charge in [0, 0.05) is 44.2 Å². The van der Waals surface area contributed by atoms with Gasteiger partial charge in [0.25, 0.3) is 0 Å². The van der Waals surface area contributed by atoms with E-state index in [1.807, 2.05) is 0 Å². The summed E-state index contributed by atoms with van der Waals surface area (Å²) in [6.07, 6.45) is -4.08. The van der Waals surface area contributed by atoms with Crippen molar-refractivity contribution < 1.29 is 13.2 Å². The molecule has 0 aliphatic carbocycles. The molecule has 6 nitrogen and oxygen atoms in total. The summed E-state index contributed by atoms with van der Waals surface area (Å²) in [6.45, 7) is 0.306. The van der Waals surface area contributed by atoms with Gasteiger partial charge in [0.15, 0.2) is 5.69 Å². The zero-order chi connectivity index (χ0) is 16.3. The molecule has 0 unspecified atom stereocenters. The summed E-state index contributed by atoms with van der Waals surface area (Å²) in [4.78, 5) is 22.4. The molecule has 2 aromatic heterocycles. The smallest absolute Gasteiger partial charge is 0.363 e. The molecule has 0 bridgehead atoms. The Labute approximate surface area is 128 Å². The Hall–Kier alpha value is -2.10. The summed E-state index contributed by atoms with van der Waals surface area (Å²) in [6, 6.07) is 0.890. The van der Waals surface area contributed by atoms with E-state index < -0.39 is 11.9 Å². The maximum absolute atomic E-state index is 12.8. The number of thiazole rings is 1. The first kappa shape index (κ1) is 16.3. The fourth-order valence-corrected chi connectivity index (χ4v) is 2.25. The van der Waals surface area contributed by atoms with E-state index in [9.17, 15) is 18.0 Å². The second kappa shape index (κ2) is 6.34. The van der Waals surface area contributed by atoms with Gasteiger partial charge in [-0.15, -0.1) is 0 Å². The highest BCUT2D eigenvalue weighted by atomic mass is 32.1. The molecule has 2 aromatic rings. The van der Waals surface area contributed by atoms with Crippen LogP contribution in [0.5, 0.6) is 0 Å². The van der Waals surface area contributed by atoms with Crippen molar-refractivity contribution in [3.63, 3.8) is 0 Å². The third kappa shape index (κ3) is 4.20. The summed E-state index contributed by atoms with van der Waals surface area (Å²) in [5, 5.41) is 4.41. The van der Waals surface area contributed by atoms with Crippen molar-refractivity contribution in [2.75, 3.05) is 30.9 Å². The lowest BCUT2D eigenvalue weighted by Gasteiger charge is -2.15. The Morgan fingerprint density at radius 1 is 1.36 bits per heavy atom. The van der Waals surface area contributed by atoms with Gasteiger partial charge in [-0.1, -0.05) is 11.3 Å². The molecule has 0 fully saturated rings. The number of halogens is 3. The molecule has 0 spiro atoms. The molecule has 0 atom stereocenters.